The van der Waals surface area contributed by atoms with Crippen molar-refractivity contribution in [3.8, 4) is 6.19 Å². The molecular formula is C18H20Cl2N4O. The van der Waals surface area contributed by atoms with Crippen molar-refractivity contribution >= 4 is 34.8 Å². The molecule has 0 saturated carbocycles. The van der Waals surface area contributed by atoms with Crippen LogP contribution in [0.25, 0.3) is 0 Å². The summed E-state index contributed by atoms with van der Waals surface area (Å²) in [5, 5.41) is 13.5. The van der Waals surface area contributed by atoms with E-state index in [1.54, 1.807) is 6.07 Å². The number of carbonyl (C=O) groups is 1. The molecule has 3 aliphatic heterocycles. The molecule has 4 rings (SSSR count). The fraction of sp³-hybridized carbons (Fsp3) is 0.556. The number of amides is 1. The van der Waals surface area contributed by atoms with E-state index in [1.165, 1.54) is 0 Å². The van der Waals surface area contributed by atoms with Crippen molar-refractivity contribution in [2.24, 2.45) is 5.92 Å². The highest BCUT2D eigenvalue weighted by Gasteiger charge is 2.47. The predicted molar refractivity (Wildman–Crippen MR) is 97.6 cm³/mol. The average molecular weight is 379 g/mol. The maximum atomic E-state index is 12.7. The number of nitriles is 1. The van der Waals surface area contributed by atoms with Crippen molar-refractivity contribution in [1.29, 1.82) is 5.26 Å². The Morgan fingerprint density at radius 1 is 1.28 bits per heavy atom. The van der Waals surface area contributed by atoms with Crippen LogP contribution in [0.1, 0.15) is 25.7 Å². The summed E-state index contributed by atoms with van der Waals surface area (Å²) in [5.74, 6) is 0.0424. The van der Waals surface area contributed by atoms with E-state index < -0.39 is 0 Å². The zero-order valence-electron chi connectivity index (χ0n) is 13.8. The van der Waals surface area contributed by atoms with E-state index in [2.05, 4.69) is 16.4 Å². The second-order valence-corrected chi connectivity index (χ2v) is 7.95. The van der Waals surface area contributed by atoms with Crippen LogP contribution in [0.15, 0.2) is 18.2 Å². The summed E-state index contributed by atoms with van der Waals surface area (Å²) < 4.78 is 0. The van der Waals surface area contributed by atoms with E-state index in [-0.39, 0.29) is 23.9 Å². The summed E-state index contributed by atoms with van der Waals surface area (Å²) >= 11 is 12.4. The monoisotopic (exact) mass is 378 g/mol. The van der Waals surface area contributed by atoms with Crippen molar-refractivity contribution in [3.05, 3.63) is 28.2 Å². The number of halogens is 2. The van der Waals surface area contributed by atoms with Crippen LogP contribution < -0.4 is 10.2 Å². The minimum atomic E-state index is -0.0512. The molecule has 1 unspecified atom stereocenters. The molecule has 1 aromatic rings. The Bertz CT molecular complexity index is 734. The van der Waals surface area contributed by atoms with E-state index in [0.29, 0.717) is 22.6 Å². The summed E-state index contributed by atoms with van der Waals surface area (Å²) in [5.41, 5.74) is 0.889. The highest BCUT2D eigenvalue weighted by Crippen LogP contribution is 2.38. The molecule has 3 fully saturated rings. The summed E-state index contributed by atoms with van der Waals surface area (Å²) in [6.45, 7) is 1.44. The topological polar surface area (TPSA) is 59.4 Å². The van der Waals surface area contributed by atoms with E-state index in [0.717, 1.165) is 37.9 Å². The van der Waals surface area contributed by atoms with Gasteiger partial charge in [0.05, 0.1) is 33.7 Å². The van der Waals surface area contributed by atoms with E-state index in [1.807, 2.05) is 17.0 Å². The van der Waals surface area contributed by atoms with Crippen LogP contribution in [0.3, 0.4) is 0 Å². The molecule has 0 aliphatic carbocycles. The van der Waals surface area contributed by atoms with Crippen LogP contribution in [-0.4, -0.2) is 42.0 Å². The van der Waals surface area contributed by atoms with Gasteiger partial charge >= 0.3 is 0 Å². The molecule has 0 aromatic heterocycles. The summed E-state index contributed by atoms with van der Waals surface area (Å²) in [6.07, 6.45) is 6.04. The molecule has 5 nitrogen and oxygen atoms in total. The van der Waals surface area contributed by atoms with Gasteiger partial charge in [-0.05, 0) is 37.8 Å². The lowest BCUT2D eigenvalue weighted by molar-refractivity contribution is -0.125. The van der Waals surface area contributed by atoms with Crippen LogP contribution in [0, 0.1) is 17.4 Å². The van der Waals surface area contributed by atoms with Gasteiger partial charge in [-0.3, -0.25) is 4.79 Å². The van der Waals surface area contributed by atoms with Crippen LogP contribution in [0.2, 0.25) is 10.0 Å². The van der Waals surface area contributed by atoms with Gasteiger partial charge in [-0.15, -0.1) is 0 Å². The van der Waals surface area contributed by atoms with E-state index in [4.69, 9.17) is 23.2 Å². The van der Waals surface area contributed by atoms with Gasteiger partial charge < -0.3 is 15.1 Å². The van der Waals surface area contributed by atoms with Crippen molar-refractivity contribution in [3.63, 3.8) is 0 Å². The molecule has 2 bridgehead atoms. The minimum absolute atomic E-state index is 0.0512. The second-order valence-electron chi connectivity index (χ2n) is 7.16. The second kappa shape index (κ2) is 6.59. The molecule has 132 valence electrons. The predicted octanol–water partition coefficient (Wildman–Crippen LogP) is 3.02. The van der Waals surface area contributed by atoms with Crippen molar-refractivity contribution in [2.45, 2.75) is 43.8 Å². The molecule has 4 atom stereocenters. The lowest BCUT2D eigenvalue weighted by Gasteiger charge is -2.24. The first-order valence-electron chi connectivity index (χ1n) is 8.76. The maximum absolute atomic E-state index is 12.7. The first-order chi connectivity index (χ1) is 12.1. The number of rotatable bonds is 3. The number of anilines is 1. The lowest BCUT2D eigenvalue weighted by atomic mass is 9.95. The smallest absolute Gasteiger partial charge is 0.225 e. The largest absolute Gasteiger partial charge is 0.369 e. The Morgan fingerprint density at radius 3 is 2.88 bits per heavy atom. The Kier molecular flexibility index (Phi) is 4.43. The van der Waals surface area contributed by atoms with Gasteiger partial charge in [0.2, 0.25) is 5.91 Å². The molecule has 0 radical (unpaired) electrons. The normalized spacial score (nSPS) is 30.6. The van der Waals surface area contributed by atoms with Gasteiger partial charge in [0.25, 0.3) is 0 Å². The Labute approximate surface area is 157 Å². The van der Waals surface area contributed by atoms with Crippen LogP contribution >= 0.6 is 23.2 Å². The first kappa shape index (κ1) is 16.8. The molecule has 3 saturated heterocycles. The zero-order valence-corrected chi connectivity index (χ0v) is 15.3. The van der Waals surface area contributed by atoms with E-state index in [9.17, 15) is 10.1 Å². The molecule has 7 heteroatoms. The van der Waals surface area contributed by atoms with Gasteiger partial charge in [-0.1, -0.05) is 29.3 Å². The molecular weight excluding hydrogens is 359 g/mol. The van der Waals surface area contributed by atoms with Gasteiger partial charge in [-0.2, -0.15) is 5.26 Å². The van der Waals surface area contributed by atoms with Gasteiger partial charge in [0.1, 0.15) is 0 Å². The van der Waals surface area contributed by atoms with Crippen LogP contribution in [-0.2, 0) is 4.79 Å². The maximum Gasteiger partial charge on any atom is 0.225 e. The zero-order chi connectivity index (χ0) is 17.6. The summed E-state index contributed by atoms with van der Waals surface area (Å²) in [4.78, 5) is 16.7. The number of hydrogen-bond acceptors (Lipinski definition) is 4. The molecule has 25 heavy (non-hydrogen) atoms. The molecule has 1 amide bonds. The standard InChI is InChI=1S/C18H20Cl2N4O/c19-13-2-1-3-16(17(13)20)23-7-6-11(9-23)18(25)22-14-8-12-4-5-15(14)24(12)10-21/h1-3,11-12,14-15H,4-9H2,(H,22,25)/t11?,12-,14+,15+/m0/s1. The first-order valence-corrected chi connectivity index (χ1v) is 9.51. The fourth-order valence-electron chi connectivity index (χ4n) is 4.53. The number of carbonyl (C=O) groups excluding carboxylic acids is 1. The molecule has 1 N–H and O–H groups in total. The van der Waals surface area contributed by atoms with E-state index >= 15 is 0 Å². The van der Waals surface area contributed by atoms with Crippen LogP contribution in [0.5, 0.6) is 0 Å². The average Bonchev–Trinajstić information content (AvgIpc) is 3.31. The van der Waals surface area contributed by atoms with Gasteiger partial charge in [0.15, 0.2) is 6.19 Å². The summed E-state index contributed by atoms with van der Waals surface area (Å²) in [6, 6.07) is 6.18. The Morgan fingerprint density at radius 2 is 2.12 bits per heavy atom. The Hall–Kier alpha value is -1.64. The van der Waals surface area contributed by atoms with Gasteiger partial charge in [0, 0.05) is 19.1 Å². The van der Waals surface area contributed by atoms with Gasteiger partial charge in [-0.25, -0.2) is 0 Å². The third-order valence-corrected chi connectivity index (χ3v) is 6.62. The van der Waals surface area contributed by atoms with Crippen molar-refractivity contribution in [2.75, 3.05) is 18.0 Å². The van der Waals surface area contributed by atoms with Crippen molar-refractivity contribution < 1.29 is 4.79 Å². The summed E-state index contributed by atoms with van der Waals surface area (Å²) in [7, 11) is 0. The molecule has 0 spiro atoms. The Balaban J connectivity index is 1.38. The molecule has 1 aromatic carbocycles. The fourth-order valence-corrected chi connectivity index (χ4v) is 4.95. The molecule has 3 aliphatic rings. The third kappa shape index (κ3) is 2.92. The number of hydrogen-bond donors (Lipinski definition) is 1. The number of fused-ring (bicyclic) bond motifs is 2. The SMILES string of the molecule is N#CN1[C@H]2CC[C@@H]1[C@H](NC(=O)C1CCN(c3cccc(Cl)c3Cl)C1)C2. The lowest BCUT2D eigenvalue weighted by Crippen LogP contribution is -2.46. The quantitative estimate of drug-likeness (QED) is 0.821. The highest BCUT2D eigenvalue weighted by molar-refractivity contribution is 6.43. The number of benzene rings is 1. The number of nitrogens with zero attached hydrogens (tertiary/aromatic N) is 3. The van der Waals surface area contributed by atoms with Crippen LogP contribution in [0.4, 0.5) is 5.69 Å². The van der Waals surface area contributed by atoms with Crippen molar-refractivity contribution in [1.82, 2.24) is 10.2 Å². The molecule has 3 heterocycles. The third-order valence-electron chi connectivity index (χ3n) is 5.81. The minimum Gasteiger partial charge on any atom is -0.369 e. The number of nitrogens with one attached hydrogen (secondary N) is 1. The highest BCUT2D eigenvalue weighted by atomic mass is 35.5.